The predicted molar refractivity (Wildman–Crippen MR) is 95.9 cm³/mol. The van der Waals surface area contributed by atoms with Crippen LogP contribution in [-0.4, -0.2) is 25.1 Å². The smallest absolute Gasteiger partial charge is 0.392 e. The number of hydrogen-bond acceptors (Lipinski definition) is 3. The van der Waals surface area contributed by atoms with E-state index in [9.17, 15) is 39.9 Å². The molecular weight excluding hydrogens is 436 g/mol. The number of aliphatic hydroxyl groups is 1. The summed E-state index contributed by atoms with van der Waals surface area (Å²) in [5, 5.41) is 9.22. The van der Waals surface area contributed by atoms with E-state index >= 15 is 0 Å². The second-order valence-corrected chi connectivity index (χ2v) is 8.85. The molecule has 0 saturated carbocycles. The molecule has 3 rings (SSSR count). The molecule has 0 heterocycles. The molecule has 2 N–H and O–H groups in total. The highest BCUT2D eigenvalue weighted by molar-refractivity contribution is 7.90. The molecule has 1 aliphatic carbocycles. The number of fused-ring (bicyclic) bond motifs is 1. The third-order valence-electron chi connectivity index (χ3n) is 4.80. The van der Waals surface area contributed by atoms with E-state index in [4.69, 9.17) is 0 Å². The normalized spacial score (nSPS) is 17.2. The highest BCUT2D eigenvalue weighted by Gasteiger charge is 2.47. The van der Waals surface area contributed by atoms with Gasteiger partial charge < -0.3 is 5.11 Å². The van der Waals surface area contributed by atoms with Crippen LogP contribution in [0.1, 0.15) is 33.4 Å². The van der Waals surface area contributed by atoms with E-state index in [0.717, 1.165) is 12.1 Å². The fourth-order valence-corrected chi connectivity index (χ4v) is 4.25. The molecule has 0 aliphatic heterocycles. The first-order valence-electron chi connectivity index (χ1n) is 8.78. The molecule has 2 aromatic carbocycles. The minimum atomic E-state index is -5.46. The molecule has 4 nitrogen and oxygen atoms in total. The van der Waals surface area contributed by atoms with Gasteiger partial charge in [-0.1, -0.05) is 24.3 Å². The summed E-state index contributed by atoms with van der Waals surface area (Å²) < 4.78 is 101. The second-order valence-electron chi connectivity index (χ2n) is 7.15. The van der Waals surface area contributed by atoms with Crippen molar-refractivity contribution in [3.63, 3.8) is 0 Å². The molecule has 1 aliphatic rings. The minimum absolute atomic E-state index is 0.0446. The Balaban J connectivity index is 1.79. The topological polar surface area (TPSA) is 66.4 Å². The van der Waals surface area contributed by atoms with E-state index in [0.29, 0.717) is 22.3 Å². The quantitative estimate of drug-likeness (QED) is 0.679. The summed E-state index contributed by atoms with van der Waals surface area (Å²) >= 11 is 0. The summed E-state index contributed by atoms with van der Waals surface area (Å²) in [6, 6.07) is 7.26. The van der Waals surface area contributed by atoms with Gasteiger partial charge in [0, 0.05) is 6.04 Å². The van der Waals surface area contributed by atoms with E-state index in [-0.39, 0.29) is 24.8 Å². The summed E-state index contributed by atoms with van der Waals surface area (Å²) in [5.74, 6) is 0. The van der Waals surface area contributed by atoms with Crippen LogP contribution < -0.4 is 4.72 Å². The largest absolute Gasteiger partial charge is 0.511 e. The first kappa shape index (κ1) is 22.6. The van der Waals surface area contributed by atoms with E-state index in [1.807, 2.05) is 0 Å². The van der Waals surface area contributed by atoms with Gasteiger partial charge in [-0.15, -0.1) is 0 Å². The van der Waals surface area contributed by atoms with Crippen LogP contribution in [0.15, 0.2) is 36.4 Å². The zero-order valence-corrected chi connectivity index (χ0v) is 16.1. The number of aliphatic hydroxyl groups excluding tert-OH is 1. The van der Waals surface area contributed by atoms with E-state index in [2.05, 4.69) is 0 Å². The van der Waals surface area contributed by atoms with Crippen LogP contribution in [-0.2, 0) is 42.1 Å². The first-order chi connectivity index (χ1) is 13.8. The van der Waals surface area contributed by atoms with E-state index in [1.54, 1.807) is 22.9 Å². The van der Waals surface area contributed by atoms with Gasteiger partial charge in [-0.3, -0.25) is 0 Å². The Bertz CT molecular complexity index is 1050. The standard InChI is InChI=1S/C19H17F6NO3S/c20-18(21,22)16-6-12(4-13(7-16)10-27)3-11-1-2-14-8-17(9-15(14)5-11)26-30(28,29)19(23,24)25/h1-2,4-7,17,26-27H,3,8-10H2. The van der Waals surface area contributed by atoms with Gasteiger partial charge >= 0.3 is 21.7 Å². The maximum absolute atomic E-state index is 13.0. The molecule has 0 spiro atoms. The third kappa shape index (κ3) is 4.96. The molecule has 0 fully saturated rings. The van der Waals surface area contributed by atoms with Crippen molar-refractivity contribution in [2.45, 2.75) is 43.6 Å². The molecule has 11 heteroatoms. The van der Waals surface area contributed by atoms with Crippen LogP contribution in [0.2, 0.25) is 0 Å². The first-order valence-corrected chi connectivity index (χ1v) is 10.3. The number of benzene rings is 2. The van der Waals surface area contributed by atoms with Crippen LogP contribution in [0.5, 0.6) is 0 Å². The molecular formula is C19H17F6NO3S. The molecule has 30 heavy (non-hydrogen) atoms. The monoisotopic (exact) mass is 453 g/mol. The molecule has 1 unspecified atom stereocenters. The number of hydrogen-bond donors (Lipinski definition) is 2. The van der Waals surface area contributed by atoms with Crippen molar-refractivity contribution in [1.29, 1.82) is 0 Å². The summed E-state index contributed by atoms with van der Waals surface area (Å²) in [6.45, 7) is -0.553. The Morgan fingerprint density at radius 2 is 1.53 bits per heavy atom. The fourth-order valence-electron chi connectivity index (χ4n) is 3.51. The molecule has 164 valence electrons. The van der Waals surface area contributed by atoms with Crippen molar-refractivity contribution in [3.05, 3.63) is 69.8 Å². The highest BCUT2D eigenvalue weighted by Crippen LogP contribution is 2.32. The van der Waals surface area contributed by atoms with Gasteiger partial charge in [0.05, 0.1) is 12.2 Å². The minimum Gasteiger partial charge on any atom is -0.392 e. The third-order valence-corrected chi connectivity index (χ3v) is 6.05. The predicted octanol–water partition coefficient (Wildman–Crippen LogP) is 3.69. The van der Waals surface area contributed by atoms with Crippen molar-refractivity contribution in [2.24, 2.45) is 0 Å². The van der Waals surface area contributed by atoms with Gasteiger partial charge in [-0.25, -0.2) is 13.1 Å². The average Bonchev–Trinajstić information content (AvgIpc) is 3.00. The Morgan fingerprint density at radius 3 is 2.13 bits per heavy atom. The Morgan fingerprint density at radius 1 is 0.900 bits per heavy atom. The van der Waals surface area contributed by atoms with Crippen LogP contribution in [0, 0.1) is 0 Å². The van der Waals surface area contributed by atoms with Gasteiger partial charge in [-0.2, -0.15) is 26.3 Å². The molecule has 0 radical (unpaired) electrons. The lowest BCUT2D eigenvalue weighted by Crippen LogP contribution is -2.43. The van der Waals surface area contributed by atoms with Crippen molar-refractivity contribution < 1.29 is 39.9 Å². The Hall–Kier alpha value is -2.11. The zero-order chi connectivity index (χ0) is 22.3. The molecule has 0 bridgehead atoms. The number of alkyl halides is 6. The van der Waals surface area contributed by atoms with Crippen molar-refractivity contribution in [2.75, 3.05) is 0 Å². The highest BCUT2D eigenvalue weighted by atomic mass is 32.2. The van der Waals surface area contributed by atoms with Gasteiger partial charge in [-0.05, 0) is 59.2 Å². The Kier molecular flexibility index (Phi) is 5.91. The Labute approximate surface area is 168 Å². The number of sulfonamides is 1. The van der Waals surface area contributed by atoms with Gasteiger partial charge in [0.25, 0.3) is 0 Å². The maximum atomic E-state index is 13.0. The summed E-state index contributed by atoms with van der Waals surface area (Å²) in [7, 11) is -5.46. The van der Waals surface area contributed by atoms with E-state index in [1.165, 1.54) is 6.07 Å². The molecule has 0 amide bonds. The average molecular weight is 453 g/mol. The lowest BCUT2D eigenvalue weighted by atomic mass is 9.97. The summed E-state index contributed by atoms with van der Waals surface area (Å²) in [6.07, 6.45) is -4.32. The van der Waals surface area contributed by atoms with Gasteiger partial charge in [0.1, 0.15) is 0 Å². The van der Waals surface area contributed by atoms with Crippen molar-refractivity contribution in [1.82, 2.24) is 4.72 Å². The number of rotatable bonds is 5. The fraction of sp³-hybridized carbons (Fsp3) is 0.368. The van der Waals surface area contributed by atoms with Crippen LogP contribution in [0.25, 0.3) is 0 Å². The maximum Gasteiger partial charge on any atom is 0.511 e. The summed E-state index contributed by atoms with van der Waals surface area (Å²) in [5.41, 5.74) is -3.92. The SMILES string of the molecule is O=S(=O)(NC1Cc2ccc(Cc3cc(CO)cc(C(F)(F)F)c3)cc2C1)C(F)(F)F. The summed E-state index contributed by atoms with van der Waals surface area (Å²) in [4.78, 5) is 0. The van der Waals surface area contributed by atoms with Crippen molar-refractivity contribution >= 4 is 10.0 Å². The van der Waals surface area contributed by atoms with Crippen LogP contribution in [0.4, 0.5) is 26.3 Å². The lowest BCUT2D eigenvalue weighted by Gasteiger charge is -2.14. The lowest BCUT2D eigenvalue weighted by molar-refractivity contribution is -0.137. The molecule has 0 saturated heterocycles. The van der Waals surface area contributed by atoms with Crippen LogP contribution >= 0.6 is 0 Å². The molecule has 0 aromatic heterocycles. The molecule has 1 atom stereocenters. The van der Waals surface area contributed by atoms with Crippen LogP contribution in [0.3, 0.4) is 0 Å². The zero-order valence-electron chi connectivity index (χ0n) is 15.3. The van der Waals surface area contributed by atoms with Gasteiger partial charge in [0.2, 0.25) is 0 Å². The molecule has 2 aromatic rings. The number of nitrogens with one attached hydrogen (secondary N) is 1. The van der Waals surface area contributed by atoms with Crippen molar-refractivity contribution in [3.8, 4) is 0 Å². The number of halogens is 6. The van der Waals surface area contributed by atoms with E-state index < -0.39 is 39.9 Å². The second kappa shape index (κ2) is 7.86. The van der Waals surface area contributed by atoms with Gasteiger partial charge in [0.15, 0.2) is 0 Å².